The Morgan fingerprint density at radius 3 is 2.50 bits per heavy atom. The van der Waals surface area contributed by atoms with Crippen molar-refractivity contribution >= 4 is 29.4 Å². The van der Waals surface area contributed by atoms with Gasteiger partial charge < -0.3 is 20.5 Å². The predicted molar refractivity (Wildman–Crippen MR) is 124 cm³/mol. The number of ether oxygens (including phenoxy) is 2. The summed E-state index contributed by atoms with van der Waals surface area (Å²) >= 11 is 0. The summed E-state index contributed by atoms with van der Waals surface area (Å²) in [6.45, 7) is 1.80. The van der Waals surface area contributed by atoms with Crippen LogP contribution in [0.25, 0.3) is 0 Å². The van der Waals surface area contributed by atoms with Crippen LogP contribution in [0.1, 0.15) is 21.5 Å². The topological polar surface area (TPSA) is 115 Å². The van der Waals surface area contributed by atoms with Crippen molar-refractivity contribution in [2.45, 2.75) is 6.92 Å². The van der Waals surface area contributed by atoms with Crippen molar-refractivity contribution in [1.82, 2.24) is 5.43 Å². The van der Waals surface area contributed by atoms with Gasteiger partial charge in [0.25, 0.3) is 11.8 Å². The quantitative estimate of drug-likeness (QED) is 0.287. The molecule has 32 heavy (non-hydrogen) atoms. The first-order chi connectivity index (χ1) is 15.5. The SMILES string of the molecule is COc1cc(/C=N/NC(=O)c2ccccc2N)ccc1OCC(=O)Nc1ccc(C)cc1. The van der Waals surface area contributed by atoms with E-state index in [4.69, 9.17) is 15.2 Å². The number of rotatable bonds is 8. The van der Waals surface area contributed by atoms with Crippen molar-refractivity contribution in [1.29, 1.82) is 0 Å². The summed E-state index contributed by atoms with van der Waals surface area (Å²) in [4.78, 5) is 24.3. The number of nitrogen functional groups attached to an aromatic ring is 1. The van der Waals surface area contributed by atoms with Crippen LogP contribution < -0.4 is 25.9 Å². The number of nitrogens with two attached hydrogens (primary N) is 1. The summed E-state index contributed by atoms with van der Waals surface area (Å²) in [5, 5.41) is 6.72. The molecule has 3 rings (SSSR count). The molecule has 0 saturated heterocycles. The van der Waals surface area contributed by atoms with E-state index in [0.717, 1.165) is 5.56 Å². The third kappa shape index (κ3) is 6.09. The number of para-hydroxylation sites is 1. The van der Waals surface area contributed by atoms with E-state index < -0.39 is 5.91 Å². The van der Waals surface area contributed by atoms with Crippen LogP contribution in [-0.2, 0) is 4.79 Å². The highest BCUT2D eigenvalue weighted by atomic mass is 16.5. The molecule has 0 atom stereocenters. The zero-order valence-corrected chi connectivity index (χ0v) is 17.8. The maximum atomic E-state index is 12.1. The molecule has 0 radical (unpaired) electrons. The van der Waals surface area contributed by atoms with Gasteiger partial charge in [-0.05, 0) is 55.0 Å². The zero-order chi connectivity index (χ0) is 22.9. The number of hydrogen-bond donors (Lipinski definition) is 3. The van der Waals surface area contributed by atoms with Crippen molar-refractivity contribution in [2.75, 3.05) is 24.8 Å². The molecule has 3 aromatic rings. The van der Waals surface area contributed by atoms with Crippen molar-refractivity contribution in [3.8, 4) is 11.5 Å². The molecule has 0 aliphatic carbocycles. The van der Waals surface area contributed by atoms with Crippen molar-refractivity contribution in [3.05, 3.63) is 83.4 Å². The maximum absolute atomic E-state index is 12.1. The molecule has 4 N–H and O–H groups in total. The lowest BCUT2D eigenvalue weighted by Gasteiger charge is -2.11. The number of carbonyl (C=O) groups is 2. The van der Waals surface area contributed by atoms with Gasteiger partial charge in [-0.25, -0.2) is 5.43 Å². The maximum Gasteiger partial charge on any atom is 0.273 e. The van der Waals surface area contributed by atoms with Gasteiger partial charge in [-0.15, -0.1) is 0 Å². The van der Waals surface area contributed by atoms with E-state index in [2.05, 4.69) is 15.8 Å². The summed E-state index contributed by atoms with van der Waals surface area (Å²) in [5.41, 5.74) is 11.4. The summed E-state index contributed by atoms with van der Waals surface area (Å²) in [6, 6.07) is 19.3. The third-order valence-corrected chi connectivity index (χ3v) is 4.47. The fraction of sp³-hybridized carbons (Fsp3) is 0.125. The van der Waals surface area contributed by atoms with Crippen LogP contribution in [0.15, 0.2) is 71.8 Å². The van der Waals surface area contributed by atoms with Crippen LogP contribution in [0.3, 0.4) is 0 Å². The Balaban J connectivity index is 1.57. The van der Waals surface area contributed by atoms with Gasteiger partial charge in [0.15, 0.2) is 18.1 Å². The Morgan fingerprint density at radius 1 is 1.03 bits per heavy atom. The second-order valence-corrected chi connectivity index (χ2v) is 6.90. The van der Waals surface area contributed by atoms with Crippen LogP contribution in [0.4, 0.5) is 11.4 Å². The van der Waals surface area contributed by atoms with Crippen molar-refractivity contribution in [2.24, 2.45) is 5.10 Å². The molecule has 0 bridgehead atoms. The first kappa shape index (κ1) is 22.4. The van der Waals surface area contributed by atoms with Crippen LogP contribution in [0, 0.1) is 6.92 Å². The minimum absolute atomic E-state index is 0.174. The molecule has 0 spiro atoms. The Morgan fingerprint density at radius 2 is 1.78 bits per heavy atom. The minimum atomic E-state index is -0.411. The highest BCUT2D eigenvalue weighted by Gasteiger charge is 2.10. The van der Waals surface area contributed by atoms with Crippen molar-refractivity contribution in [3.63, 3.8) is 0 Å². The molecule has 0 aliphatic heterocycles. The number of anilines is 2. The lowest BCUT2D eigenvalue weighted by atomic mass is 10.2. The molecule has 0 aromatic heterocycles. The lowest BCUT2D eigenvalue weighted by Crippen LogP contribution is -2.20. The molecule has 0 fully saturated rings. The normalized spacial score (nSPS) is 10.6. The third-order valence-electron chi connectivity index (χ3n) is 4.47. The van der Waals surface area contributed by atoms with E-state index in [0.29, 0.717) is 34.0 Å². The van der Waals surface area contributed by atoms with Gasteiger partial charge in [-0.2, -0.15) is 5.10 Å². The van der Waals surface area contributed by atoms with E-state index in [1.54, 1.807) is 42.5 Å². The molecular formula is C24H24N4O4. The van der Waals surface area contributed by atoms with Gasteiger partial charge >= 0.3 is 0 Å². The van der Waals surface area contributed by atoms with Crippen LogP contribution in [0.5, 0.6) is 11.5 Å². The first-order valence-corrected chi connectivity index (χ1v) is 9.81. The Bertz CT molecular complexity index is 1130. The number of hydrazone groups is 1. The second kappa shape index (κ2) is 10.6. The summed E-state index contributed by atoms with van der Waals surface area (Å²) in [7, 11) is 1.50. The van der Waals surface area contributed by atoms with E-state index in [1.165, 1.54) is 13.3 Å². The zero-order valence-electron chi connectivity index (χ0n) is 17.8. The Kier molecular flexibility index (Phi) is 7.42. The highest BCUT2D eigenvalue weighted by Crippen LogP contribution is 2.27. The number of methoxy groups -OCH3 is 1. The molecule has 0 heterocycles. The summed E-state index contributed by atoms with van der Waals surface area (Å²) in [5.74, 6) is 0.135. The molecule has 0 unspecified atom stereocenters. The molecular weight excluding hydrogens is 408 g/mol. The molecule has 164 valence electrons. The van der Waals surface area contributed by atoms with Crippen LogP contribution in [-0.4, -0.2) is 31.7 Å². The Hall–Kier alpha value is -4.33. The number of nitrogens with one attached hydrogen (secondary N) is 2. The molecule has 8 heteroatoms. The van der Waals surface area contributed by atoms with Gasteiger partial charge in [0.05, 0.1) is 18.9 Å². The summed E-state index contributed by atoms with van der Waals surface area (Å²) in [6.07, 6.45) is 1.47. The number of aryl methyl sites for hydroxylation is 1. The van der Waals surface area contributed by atoms with E-state index in [9.17, 15) is 9.59 Å². The van der Waals surface area contributed by atoms with Crippen LogP contribution >= 0.6 is 0 Å². The van der Waals surface area contributed by atoms with E-state index in [-0.39, 0.29) is 12.5 Å². The Labute approximate surface area is 186 Å². The van der Waals surface area contributed by atoms with Crippen LogP contribution in [0.2, 0.25) is 0 Å². The van der Waals surface area contributed by atoms with Gasteiger partial charge in [0, 0.05) is 11.4 Å². The monoisotopic (exact) mass is 432 g/mol. The number of nitrogens with zero attached hydrogens (tertiary/aromatic N) is 1. The molecule has 3 aromatic carbocycles. The standard InChI is InChI=1S/C24H24N4O4/c1-16-7-10-18(11-8-16)27-23(29)15-32-21-12-9-17(13-22(21)31-2)14-26-28-24(30)19-5-3-4-6-20(19)25/h3-14H,15,25H2,1-2H3,(H,27,29)(H,28,30)/b26-14+. The molecule has 0 aliphatic rings. The number of benzene rings is 3. The van der Waals surface area contributed by atoms with E-state index >= 15 is 0 Å². The highest BCUT2D eigenvalue weighted by molar-refractivity contribution is 5.99. The molecule has 0 saturated carbocycles. The average Bonchev–Trinajstić information content (AvgIpc) is 2.79. The van der Waals surface area contributed by atoms with Gasteiger partial charge in [0.2, 0.25) is 0 Å². The molecule has 8 nitrogen and oxygen atoms in total. The summed E-state index contributed by atoms with van der Waals surface area (Å²) < 4.78 is 10.9. The van der Waals surface area contributed by atoms with Gasteiger partial charge in [-0.3, -0.25) is 9.59 Å². The number of hydrogen-bond acceptors (Lipinski definition) is 6. The number of carbonyl (C=O) groups excluding carboxylic acids is 2. The number of amides is 2. The smallest absolute Gasteiger partial charge is 0.273 e. The molecule has 2 amide bonds. The lowest BCUT2D eigenvalue weighted by molar-refractivity contribution is -0.118. The fourth-order valence-corrected chi connectivity index (χ4v) is 2.79. The van der Waals surface area contributed by atoms with Gasteiger partial charge in [-0.1, -0.05) is 29.8 Å². The van der Waals surface area contributed by atoms with Crippen molar-refractivity contribution < 1.29 is 19.1 Å². The predicted octanol–water partition coefficient (Wildman–Crippen LogP) is 3.37. The first-order valence-electron chi connectivity index (χ1n) is 9.81. The van der Waals surface area contributed by atoms with Gasteiger partial charge in [0.1, 0.15) is 0 Å². The average molecular weight is 432 g/mol. The fourth-order valence-electron chi connectivity index (χ4n) is 2.79. The van der Waals surface area contributed by atoms with E-state index in [1.807, 2.05) is 31.2 Å². The largest absolute Gasteiger partial charge is 0.493 e. The minimum Gasteiger partial charge on any atom is -0.493 e. The second-order valence-electron chi connectivity index (χ2n) is 6.90.